The third-order valence-corrected chi connectivity index (χ3v) is 6.65. The van der Waals surface area contributed by atoms with Crippen molar-refractivity contribution in [1.29, 1.82) is 0 Å². The van der Waals surface area contributed by atoms with E-state index in [1.54, 1.807) is 14.2 Å². The van der Waals surface area contributed by atoms with Crippen LogP contribution in [-0.2, 0) is 4.79 Å². The lowest BCUT2D eigenvalue weighted by Gasteiger charge is -2.22. The summed E-state index contributed by atoms with van der Waals surface area (Å²) < 4.78 is 11.8. The molecular weight excluding hydrogens is 424 g/mol. The van der Waals surface area contributed by atoms with E-state index < -0.39 is 0 Å². The van der Waals surface area contributed by atoms with Crippen LogP contribution in [0.15, 0.2) is 29.8 Å². The van der Waals surface area contributed by atoms with Gasteiger partial charge in [-0.3, -0.25) is 4.79 Å². The van der Waals surface area contributed by atoms with Crippen LogP contribution in [0.4, 0.5) is 5.69 Å². The molecular formula is C29H40N2O3. The molecule has 1 fully saturated rings. The number of benzene rings is 2. The SMILES string of the molecule is CCC(=Cc1c(C)c(OC)c(-c2ccc(NC3CCCC3)cc2)c(C)c1OC)C(=O)NC(C)C. The lowest BCUT2D eigenvalue weighted by atomic mass is 9.90. The van der Waals surface area contributed by atoms with E-state index in [9.17, 15) is 4.79 Å². The van der Waals surface area contributed by atoms with Crippen LogP contribution in [0.1, 0.15) is 69.6 Å². The second-order valence-corrected chi connectivity index (χ2v) is 9.46. The Balaban J connectivity index is 2.06. The van der Waals surface area contributed by atoms with Crippen molar-refractivity contribution in [2.45, 2.75) is 78.8 Å². The number of amides is 1. The van der Waals surface area contributed by atoms with Gasteiger partial charge in [0.05, 0.1) is 14.2 Å². The third-order valence-electron chi connectivity index (χ3n) is 6.65. The minimum absolute atomic E-state index is 0.0509. The van der Waals surface area contributed by atoms with Gasteiger partial charge in [-0.15, -0.1) is 0 Å². The van der Waals surface area contributed by atoms with Crippen LogP contribution >= 0.6 is 0 Å². The van der Waals surface area contributed by atoms with Crippen molar-refractivity contribution in [2.75, 3.05) is 19.5 Å². The molecule has 0 aromatic heterocycles. The van der Waals surface area contributed by atoms with Crippen LogP contribution in [0.2, 0.25) is 0 Å². The topological polar surface area (TPSA) is 59.6 Å². The fourth-order valence-corrected chi connectivity index (χ4v) is 4.90. The molecule has 1 saturated carbocycles. The quantitative estimate of drug-likeness (QED) is 0.407. The van der Waals surface area contributed by atoms with E-state index in [0.29, 0.717) is 18.0 Å². The number of nitrogens with one attached hydrogen (secondary N) is 2. The van der Waals surface area contributed by atoms with Crippen molar-refractivity contribution in [2.24, 2.45) is 0 Å². The Morgan fingerprint density at radius 3 is 2.18 bits per heavy atom. The van der Waals surface area contributed by atoms with Crippen LogP contribution in [0.25, 0.3) is 17.2 Å². The van der Waals surface area contributed by atoms with E-state index in [1.807, 2.05) is 33.8 Å². The Labute approximate surface area is 204 Å². The molecule has 0 atom stereocenters. The molecule has 0 aliphatic heterocycles. The highest BCUT2D eigenvalue weighted by molar-refractivity contribution is 5.99. The molecule has 1 amide bonds. The fourth-order valence-electron chi connectivity index (χ4n) is 4.90. The van der Waals surface area contributed by atoms with E-state index in [-0.39, 0.29) is 11.9 Å². The summed E-state index contributed by atoms with van der Waals surface area (Å²) in [5.74, 6) is 1.52. The van der Waals surface area contributed by atoms with Gasteiger partial charge in [-0.05, 0) is 70.7 Å². The van der Waals surface area contributed by atoms with Gasteiger partial charge in [0.15, 0.2) is 0 Å². The van der Waals surface area contributed by atoms with Gasteiger partial charge in [0.25, 0.3) is 0 Å². The Kier molecular flexibility index (Phi) is 8.65. The molecule has 5 heteroatoms. The number of carbonyl (C=O) groups excluding carboxylic acids is 1. The summed E-state index contributed by atoms with van der Waals surface area (Å²) in [7, 11) is 3.39. The standard InChI is InChI=1S/C29H40N2O3/c1-8-21(29(32)30-18(2)3)17-25-19(4)28(34-7)26(20(5)27(25)33-6)22-13-15-24(16-14-22)31-23-11-9-10-12-23/h13-18,23,31H,8-12H2,1-7H3,(H,30,32). The van der Waals surface area contributed by atoms with E-state index in [0.717, 1.165) is 45.0 Å². The van der Waals surface area contributed by atoms with E-state index in [1.165, 1.54) is 25.7 Å². The van der Waals surface area contributed by atoms with Crippen molar-refractivity contribution in [3.8, 4) is 22.6 Å². The van der Waals surface area contributed by atoms with Gasteiger partial charge < -0.3 is 20.1 Å². The highest BCUT2D eigenvalue weighted by Gasteiger charge is 2.23. The summed E-state index contributed by atoms with van der Waals surface area (Å²) in [6, 6.07) is 9.24. The summed E-state index contributed by atoms with van der Waals surface area (Å²) in [6.07, 6.45) is 7.68. The van der Waals surface area contributed by atoms with Crippen LogP contribution < -0.4 is 20.1 Å². The molecule has 2 aromatic rings. The van der Waals surface area contributed by atoms with Crippen LogP contribution in [0.3, 0.4) is 0 Å². The average molecular weight is 465 g/mol. The zero-order valence-corrected chi connectivity index (χ0v) is 21.8. The van der Waals surface area contributed by atoms with Gasteiger partial charge in [-0.2, -0.15) is 0 Å². The highest BCUT2D eigenvalue weighted by atomic mass is 16.5. The Bertz CT molecular complexity index is 1030. The van der Waals surface area contributed by atoms with E-state index in [4.69, 9.17) is 9.47 Å². The first-order valence-electron chi connectivity index (χ1n) is 12.4. The molecule has 2 N–H and O–H groups in total. The molecule has 2 aromatic carbocycles. The Hall–Kier alpha value is -2.95. The zero-order valence-electron chi connectivity index (χ0n) is 21.8. The molecule has 0 bridgehead atoms. The lowest BCUT2D eigenvalue weighted by molar-refractivity contribution is -0.118. The minimum Gasteiger partial charge on any atom is -0.496 e. The summed E-state index contributed by atoms with van der Waals surface area (Å²) >= 11 is 0. The second kappa shape index (κ2) is 11.5. The van der Waals surface area contributed by atoms with Gasteiger partial charge in [0, 0.05) is 45.6 Å². The molecule has 184 valence electrons. The van der Waals surface area contributed by atoms with E-state index in [2.05, 4.69) is 41.8 Å². The zero-order chi connectivity index (χ0) is 24.8. The summed E-state index contributed by atoms with van der Waals surface area (Å²) in [6.45, 7) is 10.0. The third kappa shape index (κ3) is 5.57. The maximum Gasteiger partial charge on any atom is 0.247 e. The maximum absolute atomic E-state index is 12.7. The average Bonchev–Trinajstić information content (AvgIpc) is 3.32. The predicted octanol–water partition coefficient (Wildman–Crippen LogP) is 6.66. The number of carbonyl (C=O) groups is 1. The molecule has 0 unspecified atom stereocenters. The highest BCUT2D eigenvalue weighted by Crippen LogP contribution is 2.45. The Morgan fingerprint density at radius 2 is 1.65 bits per heavy atom. The monoisotopic (exact) mass is 464 g/mol. The number of hydrogen-bond donors (Lipinski definition) is 2. The second-order valence-electron chi connectivity index (χ2n) is 9.46. The van der Waals surface area contributed by atoms with Crippen LogP contribution in [0, 0.1) is 13.8 Å². The van der Waals surface area contributed by atoms with Gasteiger partial charge >= 0.3 is 0 Å². The number of methoxy groups -OCH3 is 2. The first kappa shape index (κ1) is 25.7. The van der Waals surface area contributed by atoms with Crippen molar-refractivity contribution in [3.05, 3.63) is 46.5 Å². The van der Waals surface area contributed by atoms with Crippen molar-refractivity contribution < 1.29 is 14.3 Å². The molecule has 5 nitrogen and oxygen atoms in total. The normalized spacial score (nSPS) is 14.4. The fraction of sp³-hybridized carbons (Fsp3) is 0.483. The number of anilines is 1. The largest absolute Gasteiger partial charge is 0.496 e. The number of hydrogen-bond acceptors (Lipinski definition) is 4. The molecule has 34 heavy (non-hydrogen) atoms. The predicted molar refractivity (Wildman–Crippen MR) is 142 cm³/mol. The first-order valence-corrected chi connectivity index (χ1v) is 12.4. The molecule has 0 spiro atoms. The van der Waals surface area contributed by atoms with Gasteiger partial charge in [-0.25, -0.2) is 0 Å². The molecule has 1 aliphatic carbocycles. The number of rotatable bonds is 9. The molecule has 0 radical (unpaired) electrons. The number of ether oxygens (including phenoxy) is 2. The Morgan fingerprint density at radius 1 is 1.03 bits per heavy atom. The lowest BCUT2D eigenvalue weighted by Crippen LogP contribution is -2.31. The van der Waals surface area contributed by atoms with Crippen molar-refractivity contribution >= 4 is 17.7 Å². The summed E-state index contributed by atoms with van der Waals surface area (Å²) in [4.78, 5) is 12.7. The van der Waals surface area contributed by atoms with Crippen molar-refractivity contribution in [1.82, 2.24) is 5.32 Å². The van der Waals surface area contributed by atoms with E-state index >= 15 is 0 Å². The molecule has 0 saturated heterocycles. The van der Waals surface area contributed by atoms with Crippen molar-refractivity contribution in [3.63, 3.8) is 0 Å². The first-order chi connectivity index (χ1) is 16.3. The van der Waals surface area contributed by atoms with Gasteiger partial charge in [-0.1, -0.05) is 31.9 Å². The van der Waals surface area contributed by atoms with Crippen LogP contribution in [-0.4, -0.2) is 32.2 Å². The summed E-state index contributed by atoms with van der Waals surface area (Å²) in [5.41, 5.74) is 6.80. The maximum atomic E-state index is 12.7. The van der Waals surface area contributed by atoms with Gasteiger partial charge in [0.1, 0.15) is 11.5 Å². The molecule has 3 rings (SSSR count). The van der Waals surface area contributed by atoms with Gasteiger partial charge in [0.2, 0.25) is 5.91 Å². The smallest absolute Gasteiger partial charge is 0.247 e. The molecule has 0 heterocycles. The molecule has 1 aliphatic rings. The minimum atomic E-state index is -0.0509. The summed E-state index contributed by atoms with van der Waals surface area (Å²) in [5, 5.41) is 6.65. The van der Waals surface area contributed by atoms with Crippen LogP contribution in [0.5, 0.6) is 11.5 Å².